The summed E-state index contributed by atoms with van der Waals surface area (Å²) < 4.78 is 13.0. The third kappa shape index (κ3) is 2.98. The molecule has 0 aliphatic carbocycles. The highest BCUT2D eigenvalue weighted by Gasteiger charge is 2.32. The lowest BCUT2D eigenvalue weighted by Crippen LogP contribution is -2.24. The van der Waals surface area contributed by atoms with Crippen molar-refractivity contribution in [1.29, 1.82) is 5.26 Å². The summed E-state index contributed by atoms with van der Waals surface area (Å²) in [6.45, 7) is 4.08. The highest BCUT2D eigenvalue weighted by molar-refractivity contribution is 6.31. The Morgan fingerprint density at radius 1 is 1.29 bits per heavy atom. The van der Waals surface area contributed by atoms with Crippen LogP contribution < -0.4 is 0 Å². The predicted molar refractivity (Wildman–Crippen MR) is 68.5 cm³/mol. The van der Waals surface area contributed by atoms with Gasteiger partial charge in [0.05, 0.1) is 11.5 Å². The maximum atomic E-state index is 13.0. The molecular weight excluding hydrogens is 237 g/mol. The van der Waals surface area contributed by atoms with E-state index in [2.05, 4.69) is 6.07 Å². The van der Waals surface area contributed by atoms with Crippen LogP contribution in [0.2, 0.25) is 5.02 Å². The van der Waals surface area contributed by atoms with Gasteiger partial charge < -0.3 is 0 Å². The third-order valence-electron chi connectivity index (χ3n) is 3.01. The second kappa shape index (κ2) is 6.02. The normalized spacial score (nSPS) is 11.2. The van der Waals surface area contributed by atoms with Gasteiger partial charge in [0, 0.05) is 5.02 Å². The predicted octanol–water partition coefficient (Wildman–Crippen LogP) is 4.84. The average molecular weight is 254 g/mol. The highest BCUT2D eigenvalue weighted by atomic mass is 35.5. The van der Waals surface area contributed by atoms with E-state index in [1.807, 2.05) is 13.8 Å². The molecule has 0 bridgehead atoms. The second-order valence-electron chi connectivity index (χ2n) is 4.32. The van der Waals surface area contributed by atoms with Gasteiger partial charge in [-0.1, -0.05) is 44.4 Å². The van der Waals surface area contributed by atoms with Crippen molar-refractivity contribution in [3.05, 3.63) is 34.6 Å². The fourth-order valence-electron chi connectivity index (χ4n) is 2.30. The number of nitrogens with zero attached hydrogens (tertiary/aromatic N) is 1. The summed E-state index contributed by atoms with van der Waals surface area (Å²) in [5.74, 6) is -0.362. The summed E-state index contributed by atoms with van der Waals surface area (Å²) in [4.78, 5) is 0. The molecule has 17 heavy (non-hydrogen) atoms. The molecule has 0 spiro atoms. The maximum absolute atomic E-state index is 13.0. The number of nitriles is 1. The minimum Gasteiger partial charge on any atom is -0.207 e. The molecule has 3 heteroatoms. The molecule has 0 amide bonds. The molecule has 0 saturated carbocycles. The van der Waals surface area contributed by atoms with Gasteiger partial charge in [-0.15, -0.1) is 0 Å². The van der Waals surface area contributed by atoms with Crippen molar-refractivity contribution >= 4 is 11.6 Å². The van der Waals surface area contributed by atoms with Crippen molar-refractivity contribution in [1.82, 2.24) is 0 Å². The second-order valence-corrected chi connectivity index (χ2v) is 4.73. The van der Waals surface area contributed by atoms with E-state index in [0.717, 1.165) is 31.2 Å². The monoisotopic (exact) mass is 253 g/mol. The van der Waals surface area contributed by atoms with E-state index < -0.39 is 5.41 Å². The van der Waals surface area contributed by atoms with Crippen LogP contribution in [-0.4, -0.2) is 0 Å². The number of hydrogen-bond donors (Lipinski definition) is 0. The molecule has 1 rings (SSSR count). The van der Waals surface area contributed by atoms with Crippen LogP contribution in [0, 0.1) is 17.1 Å². The van der Waals surface area contributed by atoms with Crippen molar-refractivity contribution in [2.75, 3.05) is 0 Å². The molecule has 1 aromatic carbocycles. The van der Waals surface area contributed by atoms with E-state index >= 15 is 0 Å². The maximum Gasteiger partial charge on any atom is 0.124 e. The molecule has 0 atom stereocenters. The van der Waals surface area contributed by atoms with Crippen molar-refractivity contribution in [3.8, 4) is 6.07 Å². The third-order valence-corrected chi connectivity index (χ3v) is 3.33. The van der Waals surface area contributed by atoms with E-state index in [4.69, 9.17) is 11.6 Å². The van der Waals surface area contributed by atoms with Gasteiger partial charge in [0.15, 0.2) is 0 Å². The Morgan fingerprint density at radius 2 is 1.88 bits per heavy atom. The minimum atomic E-state index is -0.575. The van der Waals surface area contributed by atoms with Crippen LogP contribution >= 0.6 is 11.6 Å². The molecule has 0 radical (unpaired) electrons. The van der Waals surface area contributed by atoms with Crippen LogP contribution in [-0.2, 0) is 5.41 Å². The van der Waals surface area contributed by atoms with Crippen LogP contribution in [0.4, 0.5) is 4.39 Å². The zero-order chi connectivity index (χ0) is 12.9. The van der Waals surface area contributed by atoms with Gasteiger partial charge >= 0.3 is 0 Å². The smallest absolute Gasteiger partial charge is 0.124 e. The van der Waals surface area contributed by atoms with E-state index in [1.54, 1.807) is 6.07 Å². The lowest BCUT2D eigenvalue weighted by molar-refractivity contribution is 0.452. The van der Waals surface area contributed by atoms with Crippen molar-refractivity contribution in [3.63, 3.8) is 0 Å². The van der Waals surface area contributed by atoms with Crippen LogP contribution in [0.5, 0.6) is 0 Å². The van der Waals surface area contributed by atoms with Gasteiger partial charge in [0.1, 0.15) is 5.82 Å². The van der Waals surface area contributed by atoms with Gasteiger partial charge in [-0.2, -0.15) is 5.26 Å². The Bertz CT molecular complexity index is 417. The zero-order valence-electron chi connectivity index (χ0n) is 10.3. The van der Waals surface area contributed by atoms with Gasteiger partial charge in [-0.05, 0) is 30.5 Å². The Kier molecular flexibility index (Phi) is 4.96. The van der Waals surface area contributed by atoms with Crippen LogP contribution in [0.15, 0.2) is 18.2 Å². The molecule has 0 aliphatic heterocycles. The summed E-state index contributed by atoms with van der Waals surface area (Å²) in [6, 6.07) is 6.69. The first-order valence-corrected chi connectivity index (χ1v) is 6.34. The number of hydrogen-bond acceptors (Lipinski definition) is 1. The highest BCUT2D eigenvalue weighted by Crippen LogP contribution is 2.38. The Hall–Kier alpha value is -1.07. The van der Waals surface area contributed by atoms with Crippen LogP contribution in [0.1, 0.15) is 45.1 Å². The molecule has 0 unspecified atom stereocenters. The number of benzene rings is 1. The van der Waals surface area contributed by atoms with Gasteiger partial charge in [-0.25, -0.2) is 4.39 Å². The van der Waals surface area contributed by atoms with E-state index in [9.17, 15) is 9.65 Å². The standard InChI is InChI=1S/C14H17ClFN/c1-3-7-14(10-17,8-4-2)12-6-5-11(16)9-13(12)15/h5-6,9H,3-4,7-8H2,1-2H3. The first-order valence-electron chi connectivity index (χ1n) is 5.96. The summed E-state index contributed by atoms with van der Waals surface area (Å²) in [6.07, 6.45) is 3.31. The molecule has 1 nitrogen and oxygen atoms in total. The lowest BCUT2D eigenvalue weighted by atomic mass is 9.75. The van der Waals surface area contributed by atoms with E-state index in [-0.39, 0.29) is 5.82 Å². The first-order chi connectivity index (χ1) is 8.09. The molecule has 0 aliphatic rings. The summed E-state index contributed by atoms with van der Waals surface area (Å²) in [5.41, 5.74) is 0.181. The van der Waals surface area contributed by atoms with Crippen molar-refractivity contribution in [2.24, 2.45) is 0 Å². The van der Waals surface area contributed by atoms with Gasteiger partial charge in [0.25, 0.3) is 0 Å². The average Bonchev–Trinajstić information content (AvgIpc) is 2.28. The van der Waals surface area contributed by atoms with Gasteiger partial charge in [-0.3, -0.25) is 0 Å². The summed E-state index contributed by atoms with van der Waals surface area (Å²) >= 11 is 6.07. The number of rotatable bonds is 5. The van der Waals surface area contributed by atoms with Crippen LogP contribution in [0.25, 0.3) is 0 Å². The van der Waals surface area contributed by atoms with Crippen molar-refractivity contribution < 1.29 is 4.39 Å². The fourth-order valence-corrected chi connectivity index (χ4v) is 2.65. The Balaban J connectivity index is 3.25. The zero-order valence-corrected chi connectivity index (χ0v) is 11.0. The largest absolute Gasteiger partial charge is 0.207 e. The number of halogens is 2. The molecule has 0 aromatic heterocycles. The quantitative estimate of drug-likeness (QED) is 0.737. The van der Waals surface area contributed by atoms with E-state index in [1.165, 1.54) is 12.1 Å². The molecule has 0 heterocycles. The van der Waals surface area contributed by atoms with Gasteiger partial charge in [0.2, 0.25) is 0 Å². The van der Waals surface area contributed by atoms with Crippen molar-refractivity contribution in [2.45, 2.75) is 44.9 Å². The van der Waals surface area contributed by atoms with E-state index in [0.29, 0.717) is 5.02 Å². The molecule has 0 fully saturated rings. The first kappa shape index (κ1) is 14.0. The SMILES string of the molecule is CCCC(C#N)(CCC)c1ccc(F)cc1Cl. The molecule has 0 saturated heterocycles. The Labute approximate surface area is 107 Å². The Morgan fingerprint density at radius 3 is 2.29 bits per heavy atom. The minimum absolute atomic E-state index is 0.355. The molecule has 1 aromatic rings. The van der Waals surface area contributed by atoms with Crippen LogP contribution in [0.3, 0.4) is 0 Å². The molecule has 0 N–H and O–H groups in total. The molecular formula is C14H17ClFN. The fraction of sp³-hybridized carbons (Fsp3) is 0.500. The summed E-state index contributed by atoms with van der Waals surface area (Å²) in [7, 11) is 0. The molecule has 92 valence electrons. The lowest BCUT2D eigenvalue weighted by Gasteiger charge is -2.27. The topological polar surface area (TPSA) is 23.8 Å². The summed E-state index contributed by atoms with van der Waals surface area (Å²) in [5, 5.41) is 9.84.